The number of hydrogen-bond donors (Lipinski definition) is 2. The van der Waals surface area contributed by atoms with Crippen molar-refractivity contribution in [1.29, 1.82) is 0 Å². The average Bonchev–Trinajstić information content (AvgIpc) is 2.72. The largest absolute Gasteiger partial charge is 0.385 e. The van der Waals surface area contributed by atoms with Crippen LogP contribution in [0.5, 0.6) is 0 Å². The van der Waals surface area contributed by atoms with Crippen LogP contribution in [-0.2, 0) is 0 Å². The lowest BCUT2D eigenvalue weighted by Crippen LogP contribution is -2.52. The van der Waals surface area contributed by atoms with Gasteiger partial charge in [0.15, 0.2) is 0 Å². The molecule has 3 heteroatoms. The zero-order valence-corrected chi connectivity index (χ0v) is 13.6. The first-order valence-corrected chi connectivity index (χ1v) is 8.84. The summed E-state index contributed by atoms with van der Waals surface area (Å²) in [6.07, 6.45) is 9.94. The Morgan fingerprint density at radius 1 is 1.27 bits per heavy atom. The summed E-state index contributed by atoms with van der Waals surface area (Å²) in [6, 6.07) is -0.285. The van der Waals surface area contributed by atoms with Crippen molar-refractivity contribution in [3.8, 4) is 0 Å². The Balaban J connectivity index is 1.69. The molecule has 122 valence electrons. The van der Waals surface area contributed by atoms with E-state index in [2.05, 4.69) is 19.9 Å². The van der Waals surface area contributed by atoms with E-state index in [-0.39, 0.29) is 16.9 Å². The van der Waals surface area contributed by atoms with Gasteiger partial charge in [0.1, 0.15) is 6.17 Å². The first-order chi connectivity index (χ1) is 10.4. The van der Waals surface area contributed by atoms with Crippen LogP contribution in [0.25, 0.3) is 0 Å². The molecule has 0 bridgehead atoms. The molecule has 4 aliphatic carbocycles. The second-order valence-corrected chi connectivity index (χ2v) is 8.56. The fourth-order valence-corrected chi connectivity index (χ4v) is 6.33. The third-order valence-corrected chi connectivity index (χ3v) is 7.73. The molecule has 3 N–H and O–H groups in total. The van der Waals surface area contributed by atoms with Crippen LogP contribution in [-0.4, -0.2) is 23.4 Å². The van der Waals surface area contributed by atoms with Crippen molar-refractivity contribution < 1.29 is 9.50 Å². The van der Waals surface area contributed by atoms with Crippen LogP contribution < -0.4 is 5.73 Å². The van der Waals surface area contributed by atoms with Gasteiger partial charge >= 0.3 is 0 Å². The summed E-state index contributed by atoms with van der Waals surface area (Å²) in [5.74, 6) is 1.58. The summed E-state index contributed by atoms with van der Waals surface area (Å²) in [7, 11) is 0. The fourth-order valence-electron chi connectivity index (χ4n) is 6.33. The summed E-state index contributed by atoms with van der Waals surface area (Å²) < 4.78 is 14.3. The molecule has 0 amide bonds. The number of aliphatic hydroxyl groups is 1. The quantitative estimate of drug-likeness (QED) is 0.674. The maximum absolute atomic E-state index is 14.3. The Morgan fingerprint density at radius 3 is 2.82 bits per heavy atom. The predicted molar refractivity (Wildman–Crippen MR) is 85.9 cm³/mol. The molecular formula is C19H28FNO. The summed E-state index contributed by atoms with van der Waals surface area (Å²) >= 11 is 0. The molecule has 0 aromatic carbocycles. The first-order valence-electron chi connectivity index (χ1n) is 8.84. The van der Waals surface area contributed by atoms with Crippen LogP contribution in [0.3, 0.4) is 0 Å². The van der Waals surface area contributed by atoms with Crippen LogP contribution in [0.2, 0.25) is 0 Å². The molecule has 3 unspecified atom stereocenters. The Labute approximate surface area is 132 Å². The van der Waals surface area contributed by atoms with Gasteiger partial charge in [0, 0.05) is 11.5 Å². The zero-order chi connectivity index (χ0) is 15.7. The average molecular weight is 305 g/mol. The van der Waals surface area contributed by atoms with Gasteiger partial charge in [0.05, 0.1) is 6.10 Å². The molecule has 0 aromatic rings. The molecule has 22 heavy (non-hydrogen) atoms. The van der Waals surface area contributed by atoms with E-state index >= 15 is 0 Å². The molecule has 3 saturated carbocycles. The molecule has 4 aliphatic rings. The second kappa shape index (κ2) is 4.67. The van der Waals surface area contributed by atoms with Gasteiger partial charge in [-0.3, -0.25) is 0 Å². The van der Waals surface area contributed by atoms with Gasteiger partial charge in [-0.25, -0.2) is 4.39 Å². The fraction of sp³-hybridized carbons (Fsp3) is 0.789. The highest BCUT2D eigenvalue weighted by Crippen LogP contribution is 2.64. The molecule has 0 heterocycles. The van der Waals surface area contributed by atoms with E-state index in [4.69, 9.17) is 5.73 Å². The summed E-state index contributed by atoms with van der Waals surface area (Å²) in [4.78, 5) is 0. The minimum Gasteiger partial charge on any atom is -0.385 e. The van der Waals surface area contributed by atoms with Crippen molar-refractivity contribution in [2.75, 3.05) is 0 Å². The number of alkyl halides is 1. The van der Waals surface area contributed by atoms with Crippen molar-refractivity contribution in [3.05, 3.63) is 23.8 Å². The molecule has 0 spiro atoms. The highest BCUT2D eigenvalue weighted by Gasteiger charge is 2.60. The molecule has 2 nitrogen and oxygen atoms in total. The van der Waals surface area contributed by atoms with Crippen molar-refractivity contribution in [2.45, 2.75) is 64.3 Å². The number of rotatable bonds is 0. The minimum atomic E-state index is -0.831. The Hall–Kier alpha value is -0.670. The van der Waals surface area contributed by atoms with Crippen molar-refractivity contribution in [3.63, 3.8) is 0 Å². The number of hydrogen-bond acceptors (Lipinski definition) is 2. The van der Waals surface area contributed by atoms with Crippen molar-refractivity contribution in [1.82, 2.24) is 0 Å². The van der Waals surface area contributed by atoms with E-state index in [0.29, 0.717) is 24.2 Å². The van der Waals surface area contributed by atoms with Gasteiger partial charge in [-0.15, -0.1) is 0 Å². The van der Waals surface area contributed by atoms with Gasteiger partial charge in [0.2, 0.25) is 0 Å². The molecule has 0 aliphatic heterocycles. The number of nitrogens with two attached hydrogens (primary N) is 1. The number of allylic oxidation sites excluding steroid dienone is 2. The maximum Gasteiger partial charge on any atom is 0.116 e. The molecule has 0 radical (unpaired) electrons. The van der Waals surface area contributed by atoms with Crippen molar-refractivity contribution >= 4 is 0 Å². The normalized spacial score (nSPS) is 56.9. The van der Waals surface area contributed by atoms with Crippen LogP contribution in [0, 0.1) is 28.6 Å². The minimum absolute atomic E-state index is 0.0178. The summed E-state index contributed by atoms with van der Waals surface area (Å²) in [6.45, 7) is 4.55. The van der Waals surface area contributed by atoms with E-state index in [9.17, 15) is 9.50 Å². The molecule has 4 rings (SSSR count). The lowest BCUT2D eigenvalue weighted by molar-refractivity contribution is -0.0220. The third kappa shape index (κ3) is 1.78. The lowest BCUT2D eigenvalue weighted by Gasteiger charge is -2.56. The van der Waals surface area contributed by atoms with Crippen LogP contribution in [0.15, 0.2) is 23.8 Å². The number of aliphatic hydroxyl groups excluding tert-OH is 1. The standard InChI is InChI=1S/C19H28FNO/c1-18-7-5-12(22)9-11(18)3-4-13-14(18)6-8-19(2)15(13)10-16(20)17(19)21/h5,7,9,12-17,22H,3-4,6,8,10,21H2,1-2H3/t12?,13-,14-,15+,16?,17?,18+,19+/m1/s1. The molecule has 0 saturated heterocycles. The molecule has 8 atom stereocenters. The zero-order valence-electron chi connectivity index (χ0n) is 13.6. The predicted octanol–water partition coefficient (Wildman–Crippen LogP) is 3.36. The smallest absolute Gasteiger partial charge is 0.116 e. The maximum atomic E-state index is 14.3. The third-order valence-electron chi connectivity index (χ3n) is 7.73. The molecular weight excluding hydrogens is 277 g/mol. The van der Waals surface area contributed by atoms with Crippen molar-refractivity contribution in [2.24, 2.45) is 34.3 Å². The van der Waals surface area contributed by atoms with Gasteiger partial charge in [-0.1, -0.05) is 37.6 Å². The molecule has 0 aromatic heterocycles. The van der Waals surface area contributed by atoms with Crippen LogP contribution in [0.4, 0.5) is 4.39 Å². The van der Waals surface area contributed by atoms with Gasteiger partial charge in [-0.2, -0.15) is 0 Å². The monoisotopic (exact) mass is 305 g/mol. The van der Waals surface area contributed by atoms with Gasteiger partial charge < -0.3 is 10.8 Å². The second-order valence-electron chi connectivity index (χ2n) is 8.56. The Kier molecular flexibility index (Phi) is 3.16. The van der Waals surface area contributed by atoms with E-state index in [1.807, 2.05) is 12.2 Å². The summed E-state index contributed by atoms with van der Waals surface area (Å²) in [5.41, 5.74) is 7.67. The Morgan fingerprint density at radius 2 is 2.05 bits per heavy atom. The highest BCUT2D eigenvalue weighted by molar-refractivity contribution is 5.33. The first kappa shape index (κ1) is 14.9. The van der Waals surface area contributed by atoms with Crippen LogP contribution in [0.1, 0.15) is 46.0 Å². The summed E-state index contributed by atoms with van der Waals surface area (Å²) in [5, 5.41) is 9.89. The van der Waals surface area contributed by atoms with Gasteiger partial charge in [0.25, 0.3) is 0 Å². The number of halogens is 1. The molecule has 3 fully saturated rings. The van der Waals surface area contributed by atoms with E-state index in [1.54, 1.807) is 0 Å². The van der Waals surface area contributed by atoms with E-state index in [1.165, 1.54) is 5.57 Å². The number of fused-ring (bicyclic) bond motifs is 5. The highest BCUT2D eigenvalue weighted by atomic mass is 19.1. The van der Waals surface area contributed by atoms with E-state index < -0.39 is 12.3 Å². The topological polar surface area (TPSA) is 46.2 Å². The van der Waals surface area contributed by atoms with Crippen LogP contribution >= 0.6 is 0 Å². The SMILES string of the molecule is C[C@]12C=CC(O)C=C1CC[C@@H]1[C@H]2CC[C@]2(C)C(N)C(F)C[C@@H]12. The Bertz CT molecular complexity index is 544. The van der Waals surface area contributed by atoms with Gasteiger partial charge in [-0.05, 0) is 55.3 Å². The van der Waals surface area contributed by atoms with E-state index in [0.717, 1.165) is 25.7 Å². The lowest BCUT2D eigenvalue weighted by atomic mass is 9.48.